The van der Waals surface area contributed by atoms with E-state index >= 15 is 0 Å². The molecule has 1 aromatic rings. The maximum atomic E-state index is 13.5. The first-order valence-corrected chi connectivity index (χ1v) is 7.43. The molecule has 0 saturated heterocycles. The summed E-state index contributed by atoms with van der Waals surface area (Å²) >= 11 is 2.96. The SMILES string of the molecule is CCN(CCNc1cc(F)c(Br)cc1[N+](=O)[O-])C1CC1. The van der Waals surface area contributed by atoms with Gasteiger partial charge in [-0.1, -0.05) is 6.92 Å². The number of nitro groups is 1. The molecule has 0 amide bonds. The molecule has 0 atom stereocenters. The van der Waals surface area contributed by atoms with Gasteiger partial charge in [-0.05, 0) is 35.3 Å². The van der Waals surface area contributed by atoms with Gasteiger partial charge in [0.1, 0.15) is 11.5 Å². The lowest BCUT2D eigenvalue weighted by molar-refractivity contribution is -0.384. The molecular weight excluding hydrogens is 329 g/mol. The molecule has 1 fully saturated rings. The van der Waals surface area contributed by atoms with Crippen molar-refractivity contribution in [3.05, 3.63) is 32.5 Å². The number of nitro benzene ring substituents is 1. The van der Waals surface area contributed by atoms with Crippen LogP contribution in [0, 0.1) is 15.9 Å². The van der Waals surface area contributed by atoms with Crippen molar-refractivity contribution >= 4 is 27.3 Å². The van der Waals surface area contributed by atoms with Gasteiger partial charge in [0.15, 0.2) is 0 Å². The summed E-state index contributed by atoms with van der Waals surface area (Å²) in [6.45, 7) is 4.42. The van der Waals surface area contributed by atoms with Crippen molar-refractivity contribution in [1.82, 2.24) is 4.90 Å². The van der Waals surface area contributed by atoms with Gasteiger partial charge in [0.05, 0.1) is 9.40 Å². The fourth-order valence-electron chi connectivity index (χ4n) is 2.20. The lowest BCUT2D eigenvalue weighted by Gasteiger charge is -2.20. The predicted molar refractivity (Wildman–Crippen MR) is 79.5 cm³/mol. The molecule has 0 unspecified atom stereocenters. The van der Waals surface area contributed by atoms with E-state index in [4.69, 9.17) is 0 Å². The van der Waals surface area contributed by atoms with E-state index in [0.717, 1.165) is 19.2 Å². The van der Waals surface area contributed by atoms with E-state index in [9.17, 15) is 14.5 Å². The van der Waals surface area contributed by atoms with Crippen molar-refractivity contribution in [3.8, 4) is 0 Å². The average molecular weight is 346 g/mol. The van der Waals surface area contributed by atoms with Crippen molar-refractivity contribution in [1.29, 1.82) is 0 Å². The molecule has 1 saturated carbocycles. The van der Waals surface area contributed by atoms with Gasteiger partial charge in [-0.2, -0.15) is 0 Å². The summed E-state index contributed by atoms with van der Waals surface area (Å²) in [6, 6.07) is 3.00. The second-order valence-electron chi connectivity index (χ2n) is 4.83. The third-order valence-corrected chi connectivity index (χ3v) is 4.03. The van der Waals surface area contributed by atoms with Gasteiger partial charge in [0.2, 0.25) is 0 Å². The summed E-state index contributed by atoms with van der Waals surface area (Å²) in [5.41, 5.74) is 0.107. The summed E-state index contributed by atoms with van der Waals surface area (Å²) in [7, 11) is 0. The number of likely N-dealkylation sites (N-methyl/N-ethyl adjacent to an activating group) is 1. The normalized spacial score (nSPS) is 14.6. The first kappa shape index (κ1) is 15.2. The van der Waals surface area contributed by atoms with Gasteiger partial charge in [0.25, 0.3) is 5.69 Å². The fourth-order valence-corrected chi connectivity index (χ4v) is 2.53. The van der Waals surface area contributed by atoms with Crippen LogP contribution < -0.4 is 5.32 Å². The Bertz CT molecular complexity index is 509. The Morgan fingerprint density at radius 3 is 2.80 bits per heavy atom. The lowest BCUT2D eigenvalue weighted by atomic mass is 10.2. The van der Waals surface area contributed by atoms with Crippen molar-refractivity contribution in [2.45, 2.75) is 25.8 Å². The summed E-state index contributed by atoms with van der Waals surface area (Å²) in [4.78, 5) is 12.8. The molecule has 1 N–H and O–H groups in total. The minimum absolute atomic E-state index is 0.0999. The molecule has 1 aliphatic carbocycles. The minimum atomic E-state index is -0.509. The Kier molecular flexibility index (Phi) is 4.93. The van der Waals surface area contributed by atoms with Crippen molar-refractivity contribution in [2.24, 2.45) is 0 Å². The van der Waals surface area contributed by atoms with Gasteiger partial charge in [0, 0.05) is 31.3 Å². The quantitative estimate of drug-likeness (QED) is 0.607. The zero-order chi connectivity index (χ0) is 14.7. The van der Waals surface area contributed by atoms with Gasteiger partial charge in [-0.25, -0.2) is 4.39 Å². The Morgan fingerprint density at radius 2 is 2.25 bits per heavy atom. The molecule has 2 rings (SSSR count). The van der Waals surface area contributed by atoms with Crippen LogP contribution in [0.3, 0.4) is 0 Å². The van der Waals surface area contributed by atoms with Gasteiger partial charge < -0.3 is 5.32 Å². The molecule has 1 aromatic carbocycles. The first-order chi connectivity index (χ1) is 9.52. The fraction of sp³-hybridized carbons (Fsp3) is 0.538. The number of benzene rings is 1. The topological polar surface area (TPSA) is 58.4 Å². The zero-order valence-electron chi connectivity index (χ0n) is 11.2. The van der Waals surface area contributed by atoms with Crippen LogP contribution in [0.2, 0.25) is 0 Å². The second kappa shape index (κ2) is 6.49. The number of rotatable bonds is 7. The maximum Gasteiger partial charge on any atom is 0.293 e. The summed E-state index contributed by atoms with van der Waals surface area (Å²) < 4.78 is 13.6. The molecule has 5 nitrogen and oxygen atoms in total. The molecule has 0 aromatic heterocycles. The van der Waals surface area contributed by atoms with Gasteiger partial charge >= 0.3 is 0 Å². The van der Waals surface area contributed by atoms with E-state index in [2.05, 4.69) is 33.1 Å². The predicted octanol–water partition coefficient (Wildman–Crippen LogP) is 3.39. The lowest BCUT2D eigenvalue weighted by Crippen LogP contribution is -2.31. The van der Waals surface area contributed by atoms with Crippen LogP contribution in [0.15, 0.2) is 16.6 Å². The van der Waals surface area contributed by atoms with E-state index in [1.165, 1.54) is 18.9 Å². The van der Waals surface area contributed by atoms with E-state index < -0.39 is 10.7 Å². The Morgan fingerprint density at radius 1 is 1.55 bits per heavy atom. The molecule has 0 aliphatic heterocycles. The smallest absolute Gasteiger partial charge is 0.293 e. The highest BCUT2D eigenvalue weighted by Crippen LogP contribution is 2.31. The molecule has 1 aliphatic rings. The van der Waals surface area contributed by atoms with E-state index in [1.807, 2.05) is 0 Å². The number of halogens is 2. The molecule has 7 heteroatoms. The highest BCUT2D eigenvalue weighted by Gasteiger charge is 2.27. The van der Waals surface area contributed by atoms with Crippen LogP contribution in [-0.2, 0) is 0 Å². The van der Waals surface area contributed by atoms with Crippen LogP contribution in [0.5, 0.6) is 0 Å². The van der Waals surface area contributed by atoms with Crippen molar-refractivity contribution in [3.63, 3.8) is 0 Å². The Hall–Kier alpha value is -1.21. The van der Waals surface area contributed by atoms with Crippen LogP contribution in [0.1, 0.15) is 19.8 Å². The molecule has 110 valence electrons. The molecule has 20 heavy (non-hydrogen) atoms. The number of hydrogen-bond donors (Lipinski definition) is 1. The largest absolute Gasteiger partial charge is 0.378 e. The summed E-state index contributed by atoms with van der Waals surface area (Å²) in [6.07, 6.45) is 2.45. The monoisotopic (exact) mass is 345 g/mol. The first-order valence-electron chi connectivity index (χ1n) is 6.64. The second-order valence-corrected chi connectivity index (χ2v) is 5.68. The van der Waals surface area contributed by atoms with Gasteiger partial charge in [-0.3, -0.25) is 15.0 Å². The molecule has 0 heterocycles. The third-order valence-electron chi connectivity index (χ3n) is 3.42. The van der Waals surface area contributed by atoms with E-state index in [1.54, 1.807) is 0 Å². The molecule has 0 bridgehead atoms. The maximum absolute atomic E-state index is 13.5. The number of hydrogen-bond acceptors (Lipinski definition) is 4. The van der Waals surface area contributed by atoms with Crippen LogP contribution in [0.25, 0.3) is 0 Å². The average Bonchev–Trinajstić information content (AvgIpc) is 3.22. The van der Waals surface area contributed by atoms with Crippen molar-refractivity contribution < 1.29 is 9.31 Å². The molecular formula is C13H17BrFN3O2. The molecule has 0 radical (unpaired) electrons. The third kappa shape index (κ3) is 3.67. The number of nitrogens with one attached hydrogen (secondary N) is 1. The van der Waals surface area contributed by atoms with Crippen molar-refractivity contribution in [2.75, 3.05) is 25.0 Å². The van der Waals surface area contributed by atoms with Crippen LogP contribution >= 0.6 is 15.9 Å². The van der Waals surface area contributed by atoms with E-state index in [-0.39, 0.29) is 15.8 Å². The summed E-state index contributed by atoms with van der Waals surface area (Å²) in [5, 5.41) is 13.9. The Balaban J connectivity index is 2.00. The highest BCUT2D eigenvalue weighted by atomic mass is 79.9. The number of nitrogens with zero attached hydrogens (tertiary/aromatic N) is 2. The Labute approximate surface area is 125 Å². The number of anilines is 1. The summed E-state index contributed by atoms with van der Waals surface area (Å²) in [5.74, 6) is -0.507. The van der Waals surface area contributed by atoms with Crippen LogP contribution in [-0.4, -0.2) is 35.5 Å². The zero-order valence-corrected chi connectivity index (χ0v) is 12.8. The minimum Gasteiger partial charge on any atom is -0.378 e. The standard InChI is InChI=1S/C13H17BrFN3O2/c1-2-17(9-3-4-9)6-5-16-12-8-11(15)10(14)7-13(12)18(19)20/h7-9,16H,2-6H2,1H3. The van der Waals surface area contributed by atoms with Gasteiger partial charge in [-0.15, -0.1) is 0 Å². The highest BCUT2D eigenvalue weighted by molar-refractivity contribution is 9.10. The molecule has 0 spiro atoms. The van der Waals surface area contributed by atoms with Crippen LogP contribution in [0.4, 0.5) is 15.8 Å². The van der Waals surface area contributed by atoms with E-state index in [0.29, 0.717) is 12.6 Å².